The molecule has 2 aromatic carbocycles. The minimum atomic E-state index is -3.94. The predicted molar refractivity (Wildman–Crippen MR) is 130 cm³/mol. The van der Waals surface area contributed by atoms with E-state index in [2.05, 4.69) is 10.2 Å². The number of likely N-dealkylation sites (tertiary alicyclic amines) is 1. The highest BCUT2D eigenvalue weighted by Gasteiger charge is 2.26. The number of sulfonamides is 1. The molecule has 2 aromatic rings. The molecule has 9 nitrogen and oxygen atoms in total. The number of benzene rings is 2. The second-order valence-corrected chi connectivity index (χ2v) is 10.1. The van der Waals surface area contributed by atoms with E-state index in [4.69, 9.17) is 14.6 Å². The Morgan fingerprint density at radius 3 is 2.38 bits per heavy atom. The Kier molecular flexibility index (Phi) is 7.72. The molecule has 1 amide bonds. The van der Waals surface area contributed by atoms with Crippen molar-refractivity contribution in [2.45, 2.75) is 23.8 Å². The molecule has 2 aliphatic heterocycles. The summed E-state index contributed by atoms with van der Waals surface area (Å²) in [5.74, 6) is 0.451. The maximum atomic E-state index is 13.4. The van der Waals surface area contributed by atoms with Gasteiger partial charge in [-0.1, -0.05) is 12.1 Å². The first-order valence-corrected chi connectivity index (χ1v) is 13.1. The summed E-state index contributed by atoms with van der Waals surface area (Å²) in [7, 11) is -2.31. The monoisotopic (exact) mass is 488 g/mol. The number of amides is 1. The van der Waals surface area contributed by atoms with E-state index in [0.29, 0.717) is 44.1 Å². The SMILES string of the molecule is COc1ccc([C@H](CNC(=O)c2cc(S(N)(=O)=O)ccc2N2CCOCC2)N2CCCC2)cc1. The summed E-state index contributed by atoms with van der Waals surface area (Å²) in [6.45, 7) is 4.67. The highest BCUT2D eigenvalue weighted by Crippen LogP contribution is 2.28. The molecule has 0 aromatic heterocycles. The first kappa shape index (κ1) is 24.5. The largest absolute Gasteiger partial charge is 0.497 e. The van der Waals surface area contributed by atoms with Crippen molar-refractivity contribution in [3.8, 4) is 5.75 Å². The Morgan fingerprint density at radius 1 is 1.09 bits per heavy atom. The van der Waals surface area contributed by atoms with E-state index in [1.807, 2.05) is 29.2 Å². The Balaban J connectivity index is 1.59. The van der Waals surface area contributed by atoms with Crippen molar-refractivity contribution in [1.29, 1.82) is 0 Å². The zero-order valence-electron chi connectivity index (χ0n) is 19.4. The van der Waals surface area contributed by atoms with Crippen molar-refractivity contribution in [2.75, 3.05) is 57.9 Å². The van der Waals surface area contributed by atoms with E-state index in [-0.39, 0.29) is 16.8 Å². The van der Waals surface area contributed by atoms with Crippen LogP contribution in [0.3, 0.4) is 0 Å². The third-order valence-electron chi connectivity index (χ3n) is 6.43. The van der Waals surface area contributed by atoms with Crippen molar-refractivity contribution in [3.63, 3.8) is 0 Å². The molecule has 1 atom stereocenters. The van der Waals surface area contributed by atoms with E-state index in [1.165, 1.54) is 12.1 Å². The van der Waals surface area contributed by atoms with E-state index >= 15 is 0 Å². The van der Waals surface area contributed by atoms with Crippen LogP contribution in [0.5, 0.6) is 5.75 Å². The highest BCUT2D eigenvalue weighted by molar-refractivity contribution is 7.89. The van der Waals surface area contributed by atoms with Crippen LogP contribution in [0.2, 0.25) is 0 Å². The second-order valence-electron chi connectivity index (χ2n) is 8.57. The van der Waals surface area contributed by atoms with Gasteiger partial charge in [0.2, 0.25) is 10.0 Å². The third-order valence-corrected chi connectivity index (χ3v) is 7.34. The van der Waals surface area contributed by atoms with Crippen LogP contribution in [0.25, 0.3) is 0 Å². The maximum Gasteiger partial charge on any atom is 0.253 e. The average molecular weight is 489 g/mol. The van der Waals surface area contributed by atoms with Crippen molar-refractivity contribution in [3.05, 3.63) is 53.6 Å². The Morgan fingerprint density at radius 2 is 1.76 bits per heavy atom. The van der Waals surface area contributed by atoms with Crippen LogP contribution in [-0.2, 0) is 14.8 Å². The summed E-state index contributed by atoms with van der Waals surface area (Å²) in [5.41, 5.74) is 2.06. The van der Waals surface area contributed by atoms with Crippen LogP contribution in [0.4, 0.5) is 5.69 Å². The molecule has 2 fully saturated rings. The molecule has 184 valence electrons. The fourth-order valence-corrected chi connectivity index (χ4v) is 5.12. The van der Waals surface area contributed by atoms with E-state index in [1.54, 1.807) is 13.2 Å². The van der Waals surface area contributed by atoms with Gasteiger partial charge in [0.05, 0.1) is 36.8 Å². The number of carbonyl (C=O) groups is 1. The normalized spacial score (nSPS) is 18.0. The van der Waals surface area contributed by atoms with Crippen LogP contribution in [0, 0.1) is 0 Å². The fourth-order valence-electron chi connectivity index (χ4n) is 4.58. The number of hydrogen-bond acceptors (Lipinski definition) is 7. The number of nitrogens with zero attached hydrogens (tertiary/aromatic N) is 2. The molecular weight excluding hydrogens is 456 g/mol. The average Bonchev–Trinajstić information content (AvgIpc) is 3.39. The number of ether oxygens (including phenoxy) is 2. The molecule has 0 aliphatic carbocycles. The number of rotatable bonds is 8. The van der Waals surface area contributed by atoms with Gasteiger partial charge in [-0.2, -0.15) is 0 Å². The maximum absolute atomic E-state index is 13.4. The molecule has 0 unspecified atom stereocenters. The molecule has 3 N–H and O–H groups in total. The Labute approximate surface area is 200 Å². The second kappa shape index (κ2) is 10.7. The summed E-state index contributed by atoms with van der Waals surface area (Å²) < 4.78 is 34.6. The van der Waals surface area contributed by atoms with Gasteiger partial charge in [-0.05, 0) is 61.8 Å². The lowest BCUT2D eigenvalue weighted by Gasteiger charge is -2.31. The number of nitrogens with two attached hydrogens (primary N) is 1. The molecule has 0 radical (unpaired) electrons. The molecular formula is C24H32N4O5S. The molecule has 0 spiro atoms. The zero-order valence-corrected chi connectivity index (χ0v) is 20.2. The molecule has 0 bridgehead atoms. The van der Waals surface area contributed by atoms with Crippen LogP contribution >= 0.6 is 0 Å². The smallest absolute Gasteiger partial charge is 0.253 e. The van der Waals surface area contributed by atoms with Crippen molar-refractivity contribution < 1.29 is 22.7 Å². The molecule has 2 saturated heterocycles. The highest BCUT2D eigenvalue weighted by atomic mass is 32.2. The Bertz CT molecular complexity index is 1090. The molecule has 34 heavy (non-hydrogen) atoms. The number of hydrogen-bond donors (Lipinski definition) is 2. The van der Waals surface area contributed by atoms with Gasteiger partial charge in [0.15, 0.2) is 0 Å². The zero-order chi connectivity index (χ0) is 24.1. The molecule has 0 saturated carbocycles. The lowest BCUT2D eigenvalue weighted by Crippen LogP contribution is -2.39. The summed E-state index contributed by atoms with van der Waals surface area (Å²) in [6, 6.07) is 12.4. The Hall–Kier alpha value is -2.66. The van der Waals surface area contributed by atoms with Crippen LogP contribution in [0.1, 0.15) is 34.8 Å². The van der Waals surface area contributed by atoms with Crippen molar-refractivity contribution in [2.24, 2.45) is 5.14 Å². The lowest BCUT2D eigenvalue weighted by atomic mass is 10.0. The molecule has 4 rings (SSSR count). The van der Waals surface area contributed by atoms with Gasteiger partial charge >= 0.3 is 0 Å². The summed E-state index contributed by atoms with van der Waals surface area (Å²) >= 11 is 0. The predicted octanol–water partition coefficient (Wildman–Crippen LogP) is 1.75. The molecule has 2 aliphatic rings. The van der Waals surface area contributed by atoms with Gasteiger partial charge in [0.1, 0.15) is 5.75 Å². The number of morpholine rings is 1. The van der Waals surface area contributed by atoms with Gasteiger partial charge in [-0.15, -0.1) is 0 Å². The van der Waals surface area contributed by atoms with Crippen molar-refractivity contribution >= 4 is 21.6 Å². The quantitative estimate of drug-likeness (QED) is 0.582. The van der Waals surface area contributed by atoms with Crippen LogP contribution in [0.15, 0.2) is 47.4 Å². The minimum absolute atomic E-state index is 0.00520. The third kappa shape index (κ3) is 5.69. The number of methoxy groups -OCH3 is 1. The lowest BCUT2D eigenvalue weighted by molar-refractivity contribution is 0.0936. The number of primary sulfonamides is 1. The standard InChI is InChI=1S/C24H32N4O5S/c1-32-19-6-4-18(5-7-19)23(27-10-2-3-11-27)17-26-24(29)21-16-20(34(25,30)31)8-9-22(21)28-12-14-33-15-13-28/h4-9,16,23H,2-3,10-15,17H2,1H3,(H,26,29)(H2,25,30,31)/t23-/m0/s1. The van der Waals surface area contributed by atoms with Gasteiger partial charge in [0.25, 0.3) is 5.91 Å². The number of nitrogens with one attached hydrogen (secondary N) is 1. The summed E-state index contributed by atoms with van der Waals surface area (Å²) in [6.07, 6.45) is 2.25. The van der Waals surface area contributed by atoms with E-state index in [0.717, 1.165) is 37.2 Å². The summed E-state index contributed by atoms with van der Waals surface area (Å²) in [5, 5.41) is 8.40. The number of carbonyl (C=O) groups excluding carboxylic acids is 1. The topological polar surface area (TPSA) is 114 Å². The van der Waals surface area contributed by atoms with Gasteiger partial charge in [0, 0.05) is 25.3 Å². The van der Waals surface area contributed by atoms with E-state index < -0.39 is 10.0 Å². The minimum Gasteiger partial charge on any atom is -0.497 e. The fraction of sp³-hybridized carbons (Fsp3) is 0.458. The van der Waals surface area contributed by atoms with Crippen LogP contribution < -0.4 is 20.1 Å². The molecule has 10 heteroatoms. The van der Waals surface area contributed by atoms with Crippen LogP contribution in [-0.4, -0.2) is 72.3 Å². The van der Waals surface area contributed by atoms with Crippen molar-refractivity contribution in [1.82, 2.24) is 10.2 Å². The van der Waals surface area contributed by atoms with Gasteiger partial charge in [-0.3, -0.25) is 9.69 Å². The first-order chi connectivity index (χ1) is 16.4. The number of anilines is 1. The van der Waals surface area contributed by atoms with E-state index in [9.17, 15) is 13.2 Å². The van der Waals surface area contributed by atoms with Gasteiger partial charge < -0.3 is 19.7 Å². The first-order valence-electron chi connectivity index (χ1n) is 11.5. The summed E-state index contributed by atoms with van der Waals surface area (Å²) in [4.78, 5) is 17.7. The van der Waals surface area contributed by atoms with Gasteiger partial charge in [-0.25, -0.2) is 13.6 Å². The molecule has 2 heterocycles.